The maximum atomic E-state index is 14.7. The predicted octanol–water partition coefficient (Wildman–Crippen LogP) is 4.16. The maximum absolute atomic E-state index is 14.7. The molecule has 7 atom stereocenters. The standard InChI is InChI=1S/C39H52F2N6O9S/c1-38(2,3)31-35(49)47-20-23(18-29(47)33(48)45-39(19-25(39)32(40)41)36(50)46-57(52,53)24-14-15-24)55-34-27(42-26-16-13-22(54-4)17-28(26)43-34)11-7-5-6-9-21-10-8-12-30(21)56-37(51)44-31/h13,16-17,21,23-25,29-32H,5-12,14-15,18-20H2,1-4H3,(H,44,51)(H,45,48)(H,46,50)/t21-,23-,25+,29+,30-,31-,39-/m1/s1. The van der Waals surface area contributed by atoms with E-state index in [1.165, 1.54) is 12.0 Å². The number of halogens is 2. The van der Waals surface area contributed by atoms with Gasteiger partial charge in [0.2, 0.25) is 34.1 Å². The number of sulfonamides is 1. The van der Waals surface area contributed by atoms with Gasteiger partial charge in [0.25, 0.3) is 5.91 Å². The number of nitrogens with zero attached hydrogens (tertiary/aromatic N) is 3. The SMILES string of the molecule is COc1ccc2nc3c(nc2c1)O[C@@H]1C[C@@H](C(=O)N[C@]2(C(=O)NS(=O)(=O)C4CC4)C[C@H]2C(F)F)N(C1)C(=O)[C@H](C(C)(C)C)NC(=O)O[C@@H]1CCC[C@H]1CCCCC3. The molecule has 1 aromatic heterocycles. The van der Waals surface area contributed by atoms with Gasteiger partial charge in [-0.2, -0.15) is 0 Å². The third-order valence-corrected chi connectivity index (χ3v) is 13.8. The molecule has 57 heavy (non-hydrogen) atoms. The number of carbonyl (C=O) groups is 4. The van der Waals surface area contributed by atoms with Crippen molar-refractivity contribution in [1.82, 2.24) is 30.2 Å². The lowest BCUT2D eigenvalue weighted by molar-refractivity contribution is -0.143. The minimum absolute atomic E-state index is 0.142. The number of alkyl carbamates (subject to hydrolysis) is 1. The van der Waals surface area contributed by atoms with E-state index >= 15 is 0 Å². The number of ether oxygens (including phenoxy) is 3. The molecule has 3 heterocycles. The van der Waals surface area contributed by atoms with Crippen LogP contribution in [0.5, 0.6) is 11.6 Å². The Morgan fingerprint density at radius 1 is 1.02 bits per heavy atom. The van der Waals surface area contributed by atoms with Gasteiger partial charge in [-0.25, -0.2) is 32.0 Å². The Bertz CT molecular complexity index is 2010. The highest BCUT2D eigenvalue weighted by molar-refractivity contribution is 7.91. The van der Waals surface area contributed by atoms with Gasteiger partial charge in [0.05, 0.1) is 35.9 Å². The van der Waals surface area contributed by atoms with E-state index in [9.17, 15) is 36.4 Å². The lowest BCUT2D eigenvalue weighted by atomic mass is 9.85. The Hall–Kier alpha value is -4.35. The molecule has 4 amide bonds. The first kappa shape index (κ1) is 40.8. The first-order valence-electron chi connectivity index (χ1n) is 19.9. The number of fused-ring (bicyclic) bond motifs is 5. The highest BCUT2D eigenvalue weighted by atomic mass is 32.2. The van der Waals surface area contributed by atoms with Crippen LogP contribution in [0.4, 0.5) is 13.6 Å². The van der Waals surface area contributed by atoms with Gasteiger partial charge in [0, 0.05) is 12.5 Å². The average Bonchev–Trinajstić information content (AvgIpc) is 4.05. The molecule has 2 bridgehead atoms. The molecule has 312 valence electrons. The highest BCUT2D eigenvalue weighted by Crippen LogP contribution is 2.48. The van der Waals surface area contributed by atoms with Crippen LogP contribution in [0, 0.1) is 17.3 Å². The summed E-state index contributed by atoms with van der Waals surface area (Å²) in [7, 11) is -2.60. The second kappa shape index (κ2) is 15.8. The number of aryl methyl sites for hydroxylation is 1. The second-order valence-corrected chi connectivity index (χ2v) is 19.2. The molecule has 3 saturated carbocycles. The number of methoxy groups -OCH3 is 1. The van der Waals surface area contributed by atoms with Crippen LogP contribution in [-0.2, 0) is 35.6 Å². The summed E-state index contributed by atoms with van der Waals surface area (Å²) in [5, 5.41) is 4.40. The summed E-state index contributed by atoms with van der Waals surface area (Å²) < 4.78 is 73.5. The van der Waals surface area contributed by atoms with E-state index in [0.717, 1.165) is 38.5 Å². The summed E-state index contributed by atoms with van der Waals surface area (Å²) in [6, 6.07) is 2.74. The zero-order valence-electron chi connectivity index (χ0n) is 32.7. The van der Waals surface area contributed by atoms with Crippen molar-refractivity contribution in [1.29, 1.82) is 0 Å². The molecule has 15 nitrogen and oxygen atoms in total. The molecule has 2 aliphatic heterocycles. The van der Waals surface area contributed by atoms with Crippen molar-refractivity contribution >= 4 is 44.9 Å². The molecule has 18 heteroatoms. The van der Waals surface area contributed by atoms with Gasteiger partial charge in [0.1, 0.15) is 41.3 Å². The van der Waals surface area contributed by atoms with E-state index < -0.39 is 87.0 Å². The lowest BCUT2D eigenvalue weighted by Gasteiger charge is -2.35. The smallest absolute Gasteiger partial charge is 0.408 e. The summed E-state index contributed by atoms with van der Waals surface area (Å²) in [5.74, 6) is -3.56. The quantitative estimate of drug-likeness (QED) is 0.363. The topological polar surface area (TPSA) is 195 Å². The van der Waals surface area contributed by atoms with Crippen LogP contribution in [0.25, 0.3) is 11.0 Å². The van der Waals surface area contributed by atoms with Gasteiger partial charge in [0.15, 0.2) is 0 Å². The molecule has 0 unspecified atom stereocenters. The first-order chi connectivity index (χ1) is 27.0. The van der Waals surface area contributed by atoms with E-state index in [2.05, 4.69) is 10.6 Å². The summed E-state index contributed by atoms with van der Waals surface area (Å²) in [5.41, 5.74) is -1.39. The number of alkyl halides is 2. The maximum Gasteiger partial charge on any atom is 0.408 e. The lowest BCUT2D eigenvalue weighted by Crippen LogP contribution is -2.60. The van der Waals surface area contributed by atoms with Gasteiger partial charge < -0.3 is 29.7 Å². The number of hydrogen-bond acceptors (Lipinski definition) is 11. The number of rotatable bonds is 7. The van der Waals surface area contributed by atoms with Crippen molar-refractivity contribution < 1.29 is 50.6 Å². The van der Waals surface area contributed by atoms with Crippen LogP contribution in [0.3, 0.4) is 0 Å². The van der Waals surface area contributed by atoms with Crippen molar-refractivity contribution in [3.63, 3.8) is 0 Å². The number of nitrogens with one attached hydrogen (secondary N) is 3. The molecular formula is C39H52F2N6O9S. The normalized spacial score (nSPS) is 29.9. The first-order valence-corrected chi connectivity index (χ1v) is 21.5. The van der Waals surface area contributed by atoms with Crippen molar-refractivity contribution in [3.8, 4) is 11.6 Å². The Kier molecular flexibility index (Phi) is 11.3. The number of carbonyl (C=O) groups excluding carboxylic acids is 4. The summed E-state index contributed by atoms with van der Waals surface area (Å²) in [6.07, 6.45) is 1.53. The zero-order valence-corrected chi connectivity index (χ0v) is 33.5. The van der Waals surface area contributed by atoms with E-state index in [1.807, 2.05) is 4.72 Å². The third-order valence-electron chi connectivity index (χ3n) is 12.0. The average molecular weight is 819 g/mol. The summed E-state index contributed by atoms with van der Waals surface area (Å²) in [4.78, 5) is 66.8. The summed E-state index contributed by atoms with van der Waals surface area (Å²) in [6.45, 7) is 5.08. The van der Waals surface area contributed by atoms with E-state index in [4.69, 9.17) is 24.2 Å². The van der Waals surface area contributed by atoms with Crippen LogP contribution in [0.2, 0.25) is 0 Å². The van der Waals surface area contributed by atoms with Crippen LogP contribution in [0.15, 0.2) is 18.2 Å². The Labute approximate surface area is 330 Å². The second-order valence-electron chi connectivity index (χ2n) is 17.3. The Morgan fingerprint density at radius 2 is 1.77 bits per heavy atom. The van der Waals surface area contributed by atoms with Crippen LogP contribution >= 0.6 is 0 Å². The fourth-order valence-corrected chi connectivity index (χ4v) is 9.84. The molecule has 0 spiro atoms. The van der Waals surface area contributed by atoms with Crippen LogP contribution in [-0.4, -0.2) is 102 Å². The molecule has 1 aromatic carbocycles. The Morgan fingerprint density at radius 3 is 2.46 bits per heavy atom. The van der Waals surface area contributed by atoms with Gasteiger partial charge in [-0.15, -0.1) is 0 Å². The fraction of sp³-hybridized carbons (Fsp3) is 0.692. The van der Waals surface area contributed by atoms with Crippen molar-refractivity contribution in [2.75, 3.05) is 13.7 Å². The monoisotopic (exact) mass is 818 g/mol. The van der Waals surface area contributed by atoms with E-state index in [0.29, 0.717) is 48.2 Å². The molecular weight excluding hydrogens is 767 g/mol. The van der Waals surface area contributed by atoms with Gasteiger partial charge in [-0.1, -0.05) is 33.6 Å². The van der Waals surface area contributed by atoms with E-state index in [-0.39, 0.29) is 30.9 Å². The molecule has 7 rings (SSSR count). The number of amides is 4. The molecule has 5 aliphatic rings. The minimum Gasteiger partial charge on any atom is -0.497 e. The zero-order chi connectivity index (χ0) is 40.9. The Balaban J connectivity index is 1.23. The van der Waals surface area contributed by atoms with Gasteiger partial charge in [-0.3, -0.25) is 19.1 Å². The van der Waals surface area contributed by atoms with Crippen molar-refractivity contribution in [2.45, 2.75) is 139 Å². The van der Waals surface area contributed by atoms with Crippen molar-refractivity contribution in [2.24, 2.45) is 17.3 Å². The molecule has 4 fully saturated rings. The summed E-state index contributed by atoms with van der Waals surface area (Å²) >= 11 is 0. The number of hydrogen-bond donors (Lipinski definition) is 3. The predicted molar refractivity (Wildman–Crippen MR) is 202 cm³/mol. The third kappa shape index (κ3) is 8.75. The fourth-order valence-electron chi connectivity index (χ4n) is 8.48. The van der Waals surface area contributed by atoms with Gasteiger partial charge in [-0.05, 0) is 81.3 Å². The molecule has 0 radical (unpaired) electrons. The number of benzene rings is 1. The molecule has 1 saturated heterocycles. The van der Waals surface area contributed by atoms with Crippen LogP contribution in [0.1, 0.15) is 97.1 Å². The van der Waals surface area contributed by atoms with Crippen LogP contribution < -0.4 is 24.8 Å². The molecule has 2 aromatic rings. The highest BCUT2D eigenvalue weighted by Gasteiger charge is 2.67. The van der Waals surface area contributed by atoms with Crippen molar-refractivity contribution in [3.05, 3.63) is 23.9 Å². The molecule has 3 N–H and O–H groups in total. The molecule has 3 aliphatic carbocycles. The minimum atomic E-state index is -4.13. The largest absolute Gasteiger partial charge is 0.497 e. The number of aromatic nitrogens is 2. The van der Waals surface area contributed by atoms with Gasteiger partial charge >= 0.3 is 6.09 Å². The van der Waals surface area contributed by atoms with E-state index in [1.54, 1.807) is 39.0 Å².